The number of nitrogens with zero attached hydrogens (tertiary/aromatic N) is 1. The minimum atomic E-state index is -0.122. The highest BCUT2D eigenvalue weighted by Crippen LogP contribution is 2.21. The van der Waals surface area contributed by atoms with Crippen molar-refractivity contribution in [2.24, 2.45) is 5.92 Å². The van der Waals surface area contributed by atoms with E-state index >= 15 is 0 Å². The standard InChI is InChI=1S/C18H24N2O2S/c1-12(2)9-19-18(21)16-11-23-17(20-16)10-22-15-7-5-6-14(8-15)13(3)4/h5-8,11-13H,9-10H2,1-4H3,(H,19,21). The maximum Gasteiger partial charge on any atom is 0.270 e. The van der Waals surface area contributed by atoms with E-state index in [0.29, 0.717) is 30.7 Å². The van der Waals surface area contributed by atoms with Crippen molar-refractivity contribution in [3.8, 4) is 5.75 Å². The second kappa shape index (κ2) is 8.11. The van der Waals surface area contributed by atoms with Gasteiger partial charge >= 0.3 is 0 Å². The minimum Gasteiger partial charge on any atom is -0.486 e. The fraction of sp³-hybridized carbons (Fsp3) is 0.444. The molecule has 1 amide bonds. The highest BCUT2D eigenvalue weighted by molar-refractivity contribution is 7.09. The number of benzene rings is 1. The molecule has 0 spiro atoms. The van der Waals surface area contributed by atoms with E-state index in [-0.39, 0.29) is 5.91 Å². The zero-order valence-corrected chi connectivity index (χ0v) is 14.9. The van der Waals surface area contributed by atoms with E-state index in [1.54, 1.807) is 5.38 Å². The van der Waals surface area contributed by atoms with E-state index in [4.69, 9.17) is 4.74 Å². The molecule has 124 valence electrons. The van der Waals surface area contributed by atoms with E-state index in [2.05, 4.69) is 50.1 Å². The molecule has 0 saturated carbocycles. The average molecular weight is 332 g/mol. The fourth-order valence-corrected chi connectivity index (χ4v) is 2.66. The van der Waals surface area contributed by atoms with Crippen LogP contribution in [0.2, 0.25) is 0 Å². The molecule has 0 unspecified atom stereocenters. The number of hydrogen-bond acceptors (Lipinski definition) is 4. The summed E-state index contributed by atoms with van der Waals surface area (Å²) in [7, 11) is 0. The van der Waals surface area contributed by atoms with E-state index < -0.39 is 0 Å². The number of carbonyl (C=O) groups is 1. The van der Waals surface area contributed by atoms with Gasteiger partial charge in [-0.25, -0.2) is 4.98 Å². The van der Waals surface area contributed by atoms with E-state index in [9.17, 15) is 4.79 Å². The molecule has 0 bridgehead atoms. The lowest BCUT2D eigenvalue weighted by atomic mass is 10.0. The molecule has 0 radical (unpaired) electrons. The van der Waals surface area contributed by atoms with Crippen LogP contribution in [-0.4, -0.2) is 17.4 Å². The van der Waals surface area contributed by atoms with Gasteiger partial charge in [0.15, 0.2) is 0 Å². The van der Waals surface area contributed by atoms with E-state index in [1.165, 1.54) is 16.9 Å². The number of thiazole rings is 1. The SMILES string of the molecule is CC(C)CNC(=O)c1csc(COc2cccc(C(C)C)c2)n1. The Balaban J connectivity index is 1.92. The molecule has 1 aromatic heterocycles. The van der Waals surface area contributed by atoms with Gasteiger partial charge in [0.2, 0.25) is 0 Å². The molecule has 1 N–H and O–H groups in total. The number of nitrogens with one attached hydrogen (secondary N) is 1. The third-order valence-electron chi connectivity index (χ3n) is 3.34. The fourth-order valence-electron chi connectivity index (χ4n) is 1.98. The van der Waals surface area contributed by atoms with Gasteiger partial charge in [0.1, 0.15) is 23.1 Å². The molecule has 2 aromatic rings. The molecule has 2 rings (SSSR count). The van der Waals surface area contributed by atoms with Crippen molar-refractivity contribution in [2.75, 3.05) is 6.54 Å². The van der Waals surface area contributed by atoms with Crippen LogP contribution >= 0.6 is 11.3 Å². The molecule has 5 heteroatoms. The third kappa shape index (κ3) is 5.36. The van der Waals surface area contributed by atoms with E-state index in [0.717, 1.165) is 10.8 Å². The molecule has 0 aliphatic carbocycles. The van der Waals surface area contributed by atoms with Gasteiger partial charge < -0.3 is 10.1 Å². The highest BCUT2D eigenvalue weighted by atomic mass is 32.1. The van der Waals surface area contributed by atoms with Crippen LogP contribution in [0, 0.1) is 5.92 Å². The van der Waals surface area contributed by atoms with Crippen molar-refractivity contribution in [2.45, 2.75) is 40.2 Å². The molecular formula is C18H24N2O2S. The van der Waals surface area contributed by atoms with Crippen molar-refractivity contribution in [1.29, 1.82) is 0 Å². The topological polar surface area (TPSA) is 51.2 Å². The van der Waals surface area contributed by atoms with Crippen molar-refractivity contribution in [3.05, 3.63) is 45.9 Å². The molecule has 0 atom stereocenters. The molecule has 4 nitrogen and oxygen atoms in total. The van der Waals surface area contributed by atoms with Crippen LogP contribution in [-0.2, 0) is 6.61 Å². The quantitative estimate of drug-likeness (QED) is 0.825. The molecular weight excluding hydrogens is 308 g/mol. The summed E-state index contributed by atoms with van der Waals surface area (Å²) in [6.45, 7) is 9.47. The Morgan fingerprint density at radius 3 is 2.78 bits per heavy atom. The average Bonchev–Trinajstić information content (AvgIpc) is 3.00. The zero-order chi connectivity index (χ0) is 16.8. The number of carbonyl (C=O) groups excluding carboxylic acids is 1. The molecule has 0 saturated heterocycles. The second-order valence-corrected chi connectivity index (χ2v) is 7.19. The first-order chi connectivity index (χ1) is 11.0. The third-order valence-corrected chi connectivity index (χ3v) is 4.16. The lowest BCUT2D eigenvalue weighted by Crippen LogP contribution is -2.27. The van der Waals surface area contributed by atoms with Crippen LogP contribution in [0.1, 0.15) is 54.7 Å². The normalized spacial score (nSPS) is 11.0. The Labute approximate surface area is 141 Å². The maximum atomic E-state index is 11.9. The Morgan fingerprint density at radius 2 is 2.09 bits per heavy atom. The van der Waals surface area contributed by atoms with Gasteiger partial charge in [-0.3, -0.25) is 4.79 Å². The van der Waals surface area contributed by atoms with Gasteiger partial charge in [0.05, 0.1) is 0 Å². The summed E-state index contributed by atoms with van der Waals surface area (Å²) in [5.41, 5.74) is 1.71. The Morgan fingerprint density at radius 1 is 1.30 bits per heavy atom. The van der Waals surface area contributed by atoms with Crippen LogP contribution in [0.4, 0.5) is 0 Å². The number of hydrogen-bond donors (Lipinski definition) is 1. The van der Waals surface area contributed by atoms with Crippen molar-refractivity contribution < 1.29 is 9.53 Å². The van der Waals surface area contributed by atoms with Gasteiger partial charge in [-0.15, -0.1) is 11.3 Å². The number of ether oxygens (including phenoxy) is 1. The lowest BCUT2D eigenvalue weighted by Gasteiger charge is -2.09. The predicted molar refractivity (Wildman–Crippen MR) is 94.1 cm³/mol. The van der Waals surface area contributed by atoms with Crippen LogP contribution in [0.3, 0.4) is 0 Å². The second-order valence-electron chi connectivity index (χ2n) is 6.25. The zero-order valence-electron chi connectivity index (χ0n) is 14.1. The first-order valence-electron chi connectivity index (χ1n) is 7.91. The molecule has 23 heavy (non-hydrogen) atoms. The largest absolute Gasteiger partial charge is 0.486 e. The predicted octanol–water partition coefficient (Wildman–Crippen LogP) is 4.23. The number of rotatable bonds is 7. The molecule has 0 aliphatic heterocycles. The van der Waals surface area contributed by atoms with Crippen LogP contribution < -0.4 is 10.1 Å². The maximum absolute atomic E-state index is 11.9. The number of aromatic nitrogens is 1. The van der Waals surface area contributed by atoms with Crippen molar-refractivity contribution in [3.63, 3.8) is 0 Å². The summed E-state index contributed by atoms with van der Waals surface area (Å²) in [6, 6.07) is 8.08. The molecule has 0 aliphatic rings. The summed E-state index contributed by atoms with van der Waals surface area (Å²) in [5.74, 6) is 1.60. The van der Waals surface area contributed by atoms with Gasteiger partial charge in [0, 0.05) is 11.9 Å². The summed E-state index contributed by atoms with van der Waals surface area (Å²) in [6.07, 6.45) is 0. The van der Waals surface area contributed by atoms with Gasteiger partial charge in [-0.1, -0.05) is 39.8 Å². The molecule has 0 fully saturated rings. The lowest BCUT2D eigenvalue weighted by molar-refractivity contribution is 0.0944. The van der Waals surface area contributed by atoms with Gasteiger partial charge in [-0.05, 0) is 29.5 Å². The Bertz CT molecular complexity index is 650. The Kier molecular flexibility index (Phi) is 6.16. The first kappa shape index (κ1) is 17.5. The Hall–Kier alpha value is -1.88. The smallest absolute Gasteiger partial charge is 0.270 e. The summed E-state index contributed by atoms with van der Waals surface area (Å²) >= 11 is 1.44. The van der Waals surface area contributed by atoms with Crippen molar-refractivity contribution >= 4 is 17.2 Å². The van der Waals surface area contributed by atoms with Gasteiger partial charge in [-0.2, -0.15) is 0 Å². The number of amides is 1. The molecule has 1 heterocycles. The van der Waals surface area contributed by atoms with Crippen LogP contribution in [0.25, 0.3) is 0 Å². The monoisotopic (exact) mass is 332 g/mol. The van der Waals surface area contributed by atoms with E-state index in [1.807, 2.05) is 12.1 Å². The van der Waals surface area contributed by atoms with Gasteiger partial charge in [0.25, 0.3) is 5.91 Å². The minimum absolute atomic E-state index is 0.122. The first-order valence-corrected chi connectivity index (χ1v) is 8.79. The summed E-state index contributed by atoms with van der Waals surface area (Å²) in [5, 5.41) is 5.45. The highest BCUT2D eigenvalue weighted by Gasteiger charge is 2.11. The summed E-state index contributed by atoms with van der Waals surface area (Å²) < 4.78 is 5.79. The summed E-state index contributed by atoms with van der Waals surface area (Å²) in [4.78, 5) is 16.3. The van der Waals surface area contributed by atoms with Crippen LogP contribution in [0.5, 0.6) is 5.75 Å². The van der Waals surface area contributed by atoms with Crippen LogP contribution in [0.15, 0.2) is 29.6 Å². The van der Waals surface area contributed by atoms with Crippen molar-refractivity contribution in [1.82, 2.24) is 10.3 Å². The molecule has 1 aromatic carbocycles.